The molecule has 0 radical (unpaired) electrons. The van der Waals surface area contributed by atoms with Gasteiger partial charge < -0.3 is 14.5 Å². The summed E-state index contributed by atoms with van der Waals surface area (Å²) in [5.74, 6) is -0.459. The maximum atomic E-state index is 11.7. The van der Waals surface area contributed by atoms with Crippen LogP contribution in [-0.4, -0.2) is 18.5 Å². The van der Waals surface area contributed by atoms with Crippen molar-refractivity contribution in [3.05, 3.63) is 64.0 Å². The number of nitrogens with one attached hydrogen (secondary N) is 1. The number of esters is 1. The number of rotatable bonds is 6. The van der Waals surface area contributed by atoms with Gasteiger partial charge in [-0.2, -0.15) is 0 Å². The first-order valence-corrected chi connectivity index (χ1v) is 7.84. The molecule has 0 unspecified atom stereocenters. The molecular formula is C17H15Cl2NO4. The average Bonchev–Trinajstić information content (AvgIpc) is 3.06. The molecule has 1 aromatic carbocycles. The van der Waals surface area contributed by atoms with Crippen LogP contribution >= 0.6 is 23.2 Å². The van der Waals surface area contributed by atoms with Crippen molar-refractivity contribution in [1.82, 2.24) is 5.32 Å². The molecule has 126 valence electrons. The molecule has 1 amide bonds. The van der Waals surface area contributed by atoms with Crippen LogP contribution in [0, 0.1) is 0 Å². The van der Waals surface area contributed by atoms with Crippen molar-refractivity contribution >= 4 is 41.2 Å². The van der Waals surface area contributed by atoms with Crippen molar-refractivity contribution in [3.63, 3.8) is 0 Å². The number of hydrogen-bond donors (Lipinski definition) is 1. The van der Waals surface area contributed by atoms with E-state index in [1.165, 1.54) is 18.4 Å². The van der Waals surface area contributed by atoms with Gasteiger partial charge in [0.2, 0.25) is 0 Å². The van der Waals surface area contributed by atoms with Gasteiger partial charge in [-0.1, -0.05) is 29.3 Å². The maximum absolute atomic E-state index is 11.7. The zero-order chi connectivity index (χ0) is 17.5. The lowest BCUT2D eigenvalue weighted by Crippen LogP contribution is -2.30. The summed E-state index contributed by atoms with van der Waals surface area (Å²) < 4.78 is 10.0. The normalized spacial score (nSPS) is 12.1. The van der Waals surface area contributed by atoms with Crippen LogP contribution in [0.2, 0.25) is 10.0 Å². The molecule has 1 N–H and O–H groups in total. The average molecular weight is 368 g/mol. The van der Waals surface area contributed by atoms with E-state index in [4.69, 9.17) is 32.4 Å². The lowest BCUT2D eigenvalue weighted by Gasteiger charge is -2.11. The standard InChI is InChI=1S/C17H15Cl2NO4/c1-11(15-3-2-8-23-15)20-16(21)10-24-17(22)7-5-12-4-6-13(18)9-14(12)19/h2-9,11H,10H2,1H3,(H,20,21)/b7-5+/t11-/m1/s1. The van der Waals surface area contributed by atoms with E-state index < -0.39 is 11.9 Å². The van der Waals surface area contributed by atoms with Gasteiger partial charge in [-0.25, -0.2) is 4.79 Å². The van der Waals surface area contributed by atoms with Crippen LogP contribution in [0.15, 0.2) is 47.1 Å². The molecule has 0 saturated carbocycles. The molecule has 24 heavy (non-hydrogen) atoms. The predicted octanol–water partition coefficient (Wildman–Crippen LogP) is 4.02. The van der Waals surface area contributed by atoms with E-state index >= 15 is 0 Å². The smallest absolute Gasteiger partial charge is 0.331 e. The second-order valence-corrected chi connectivity index (χ2v) is 5.76. The third-order valence-corrected chi connectivity index (χ3v) is 3.62. The van der Waals surface area contributed by atoms with Crippen LogP contribution < -0.4 is 5.32 Å². The Morgan fingerprint density at radius 2 is 2.12 bits per heavy atom. The summed E-state index contributed by atoms with van der Waals surface area (Å²) in [5, 5.41) is 3.57. The van der Waals surface area contributed by atoms with Crippen molar-refractivity contribution < 1.29 is 18.7 Å². The summed E-state index contributed by atoms with van der Waals surface area (Å²) in [6, 6.07) is 8.06. The van der Waals surface area contributed by atoms with E-state index in [-0.39, 0.29) is 12.6 Å². The van der Waals surface area contributed by atoms with Crippen molar-refractivity contribution in [3.8, 4) is 0 Å². The Morgan fingerprint density at radius 1 is 1.33 bits per heavy atom. The highest BCUT2D eigenvalue weighted by atomic mass is 35.5. The summed E-state index contributed by atoms with van der Waals surface area (Å²) in [6.45, 7) is 1.38. The third-order valence-electron chi connectivity index (χ3n) is 3.05. The molecular weight excluding hydrogens is 353 g/mol. The van der Waals surface area contributed by atoms with Gasteiger partial charge >= 0.3 is 5.97 Å². The maximum Gasteiger partial charge on any atom is 0.331 e. The SMILES string of the molecule is C[C@@H](NC(=O)COC(=O)/C=C/c1ccc(Cl)cc1Cl)c1ccco1. The van der Waals surface area contributed by atoms with Gasteiger partial charge in [0, 0.05) is 16.1 Å². The first kappa shape index (κ1) is 18.1. The minimum absolute atomic E-state index is 0.311. The number of benzene rings is 1. The summed E-state index contributed by atoms with van der Waals surface area (Å²) in [7, 11) is 0. The lowest BCUT2D eigenvalue weighted by molar-refractivity contribution is -0.144. The van der Waals surface area contributed by atoms with Crippen LogP contribution in [0.3, 0.4) is 0 Å². The monoisotopic (exact) mass is 367 g/mol. The topological polar surface area (TPSA) is 68.5 Å². The van der Waals surface area contributed by atoms with E-state index in [0.29, 0.717) is 21.4 Å². The van der Waals surface area contributed by atoms with Crippen molar-refractivity contribution in [2.45, 2.75) is 13.0 Å². The molecule has 0 fully saturated rings. The molecule has 0 bridgehead atoms. The first-order chi connectivity index (χ1) is 11.5. The summed E-state index contributed by atoms with van der Waals surface area (Å²) in [4.78, 5) is 23.4. The zero-order valence-electron chi connectivity index (χ0n) is 12.8. The second-order valence-electron chi connectivity index (χ2n) is 4.91. The summed E-state index contributed by atoms with van der Waals surface area (Å²) in [5.41, 5.74) is 0.619. The van der Waals surface area contributed by atoms with Crippen molar-refractivity contribution in [1.29, 1.82) is 0 Å². The van der Waals surface area contributed by atoms with Gasteiger partial charge in [-0.05, 0) is 42.8 Å². The molecule has 0 saturated heterocycles. The Morgan fingerprint density at radius 3 is 2.79 bits per heavy atom. The molecule has 0 aliphatic carbocycles. The minimum Gasteiger partial charge on any atom is -0.467 e. The third kappa shape index (κ3) is 5.44. The van der Waals surface area contributed by atoms with Gasteiger partial charge in [-0.15, -0.1) is 0 Å². The van der Waals surface area contributed by atoms with E-state index in [0.717, 1.165) is 0 Å². The van der Waals surface area contributed by atoms with Gasteiger partial charge in [0.15, 0.2) is 6.61 Å². The highest BCUT2D eigenvalue weighted by Crippen LogP contribution is 2.21. The molecule has 2 rings (SSSR count). The van der Waals surface area contributed by atoms with Crippen LogP contribution in [0.25, 0.3) is 6.08 Å². The van der Waals surface area contributed by atoms with E-state index in [1.807, 2.05) is 0 Å². The fraction of sp³-hybridized carbons (Fsp3) is 0.176. The zero-order valence-corrected chi connectivity index (χ0v) is 14.3. The fourth-order valence-electron chi connectivity index (χ4n) is 1.87. The summed E-state index contributed by atoms with van der Waals surface area (Å²) >= 11 is 11.8. The Bertz CT molecular complexity index is 741. The van der Waals surface area contributed by atoms with Crippen LogP contribution in [0.1, 0.15) is 24.3 Å². The van der Waals surface area contributed by atoms with Crippen molar-refractivity contribution in [2.75, 3.05) is 6.61 Å². The number of furan rings is 1. The van der Waals surface area contributed by atoms with Crippen LogP contribution in [-0.2, 0) is 14.3 Å². The van der Waals surface area contributed by atoms with Crippen LogP contribution in [0.5, 0.6) is 0 Å². The number of halogens is 2. The first-order valence-electron chi connectivity index (χ1n) is 7.08. The largest absolute Gasteiger partial charge is 0.467 e. The van der Waals surface area contributed by atoms with Gasteiger partial charge in [0.1, 0.15) is 5.76 Å². The number of carbonyl (C=O) groups is 2. The van der Waals surface area contributed by atoms with E-state index in [2.05, 4.69) is 5.32 Å². The Hall–Kier alpha value is -2.24. The van der Waals surface area contributed by atoms with Gasteiger partial charge in [0.05, 0.1) is 12.3 Å². The Labute approximate surface area is 149 Å². The number of hydrogen-bond acceptors (Lipinski definition) is 4. The summed E-state index contributed by atoms with van der Waals surface area (Å²) in [6.07, 6.45) is 4.20. The number of ether oxygens (including phenoxy) is 1. The fourth-order valence-corrected chi connectivity index (χ4v) is 2.34. The molecule has 7 heteroatoms. The van der Waals surface area contributed by atoms with E-state index in [1.54, 1.807) is 37.3 Å². The van der Waals surface area contributed by atoms with Crippen LogP contribution in [0.4, 0.5) is 0 Å². The quantitative estimate of drug-likeness (QED) is 0.618. The van der Waals surface area contributed by atoms with E-state index in [9.17, 15) is 9.59 Å². The number of carbonyl (C=O) groups excluding carboxylic acids is 2. The molecule has 0 aliphatic heterocycles. The molecule has 2 aromatic rings. The molecule has 0 spiro atoms. The Balaban J connectivity index is 1.80. The molecule has 1 heterocycles. The molecule has 1 aromatic heterocycles. The van der Waals surface area contributed by atoms with Gasteiger partial charge in [-0.3, -0.25) is 4.79 Å². The lowest BCUT2D eigenvalue weighted by atomic mass is 10.2. The minimum atomic E-state index is -0.651. The Kier molecular flexibility index (Phi) is 6.46. The molecule has 1 atom stereocenters. The highest BCUT2D eigenvalue weighted by Gasteiger charge is 2.12. The second kappa shape index (κ2) is 8.57. The van der Waals surface area contributed by atoms with Crippen molar-refractivity contribution in [2.24, 2.45) is 0 Å². The van der Waals surface area contributed by atoms with Gasteiger partial charge in [0.25, 0.3) is 5.91 Å². The highest BCUT2D eigenvalue weighted by molar-refractivity contribution is 6.35. The molecule has 0 aliphatic rings. The number of amides is 1. The predicted molar refractivity (Wildman–Crippen MR) is 91.7 cm³/mol. The molecule has 5 nitrogen and oxygen atoms in total.